The van der Waals surface area contributed by atoms with Gasteiger partial charge in [-0.15, -0.1) is 0 Å². The number of nitrogens with one attached hydrogen (secondary N) is 1. The number of anilines is 1. The molecule has 2 N–H and O–H groups in total. The Bertz CT molecular complexity index is 1920. The zero-order valence-corrected chi connectivity index (χ0v) is 24.4. The van der Waals surface area contributed by atoms with Gasteiger partial charge in [-0.25, -0.2) is 27.9 Å². The normalized spacial score (nSPS) is 14.6. The summed E-state index contributed by atoms with van der Waals surface area (Å²) in [6.07, 6.45) is -0.707. The molecular formula is C30H27F5N6O5. The minimum Gasteiger partial charge on any atom is -0.480 e. The molecule has 11 nitrogen and oxygen atoms in total. The summed E-state index contributed by atoms with van der Waals surface area (Å²) in [5.74, 6) is -5.96. The van der Waals surface area contributed by atoms with Crippen LogP contribution in [-0.2, 0) is 18.3 Å². The molecule has 0 radical (unpaired) electrons. The lowest BCUT2D eigenvalue weighted by atomic mass is 10.1. The van der Waals surface area contributed by atoms with E-state index >= 15 is 8.78 Å². The van der Waals surface area contributed by atoms with E-state index < -0.39 is 71.0 Å². The molecule has 0 bridgehead atoms. The topological polar surface area (TPSA) is 139 Å². The SMILES string of the molecule is CCC(N(c1cc(F)c(C(=O)NC(Cc2ccc(-n3c(=O)c4ccncc4n(C)c3=O)nc2)C(=O)O)c(F)c1)C1CC1)C(F)(F)F. The van der Waals surface area contributed by atoms with Crippen LogP contribution in [0.25, 0.3) is 16.7 Å². The molecule has 5 rings (SSSR count). The maximum atomic E-state index is 15.1. The molecule has 1 saturated carbocycles. The average Bonchev–Trinajstić information content (AvgIpc) is 3.83. The van der Waals surface area contributed by atoms with Crippen molar-refractivity contribution in [2.45, 2.75) is 56.9 Å². The van der Waals surface area contributed by atoms with Crippen LogP contribution >= 0.6 is 0 Å². The van der Waals surface area contributed by atoms with Gasteiger partial charge in [0, 0.05) is 37.6 Å². The zero-order valence-electron chi connectivity index (χ0n) is 24.4. The Kier molecular flexibility index (Phi) is 8.64. The van der Waals surface area contributed by atoms with Gasteiger partial charge in [-0.05, 0) is 49.1 Å². The molecule has 0 aliphatic heterocycles. The van der Waals surface area contributed by atoms with E-state index in [0.29, 0.717) is 30.5 Å². The maximum absolute atomic E-state index is 15.1. The van der Waals surface area contributed by atoms with Crippen molar-refractivity contribution in [3.63, 3.8) is 0 Å². The third-order valence-electron chi connectivity index (χ3n) is 7.75. The first-order valence-electron chi connectivity index (χ1n) is 14.1. The first kappa shape index (κ1) is 32.2. The number of carbonyl (C=O) groups excluding carboxylic acids is 1. The summed E-state index contributed by atoms with van der Waals surface area (Å²) in [7, 11) is 1.45. The number of pyridine rings is 2. The van der Waals surface area contributed by atoms with E-state index in [-0.39, 0.29) is 28.9 Å². The maximum Gasteiger partial charge on any atom is 0.408 e. The van der Waals surface area contributed by atoms with Crippen molar-refractivity contribution >= 4 is 28.5 Å². The molecule has 4 aromatic rings. The number of hydrogen-bond acceptors (Lipinski definition) is 7. The van der Waals surface area contributed by atoms with Crippen molar-refractivity contribution in [2.24, 2.45) is 7.05 Å². The van der Waals surface area contributed by atoms with Crippen molar-refractivity contribution in [2.75, 3.05) is 4.90 Å². The minimum absolute atomic E-state index is 0.0655. The number of hydrogen-bond donors (Lipinski definition) is 2. The highest BCUT2D eigenvalue weighted by molar-refractivity contribution is 5.97. The number of aryl methyl sites for hydroxylation is 1. The lowest BCUT2D eigenvalue weighted by Crippen LogP contribution is -2.47. The Morgan fingerprint density at radius 2 is 1.78 bits per heavy atom. The smallest absolute Gasteiger partial charge is 0.408 e. The molecule has 0 saturated heterocycles. The number of carboxylic acids is 1. The first-order chi connectivity index (χ1) is 21.7. The number of rotatable bonds is 10. The van der Waals surface area contributed by atoms with E-state index in [1.54, 1.807) is 0 Å². The quantitative estimate of drug-likeness (QED) is 0.250. The summed E-state index contributed by atoms with van der Waals surface area (Å²) < 4.78 is 73.3. The van der Waals surface area contributed by atoms with Gasteiger partial charge in [0.25, 0.3) is 11.5 Å². The number of aliphatic carboxylic acids is 1. The van der Waals surface area contributed by atoms with Crippen LogP contribution in [0.5, 0.6) is 0 Å². The third kappa shape index (κ3) is 6.19. The van der Waals surface area contributed by atoms with Gasteiger partial charge in [0.1, 0.15) is 35.1 Å². The van der Waals surface area contributed by atoms with Gasteiger partial charge in [-0.3, -0.25) is 19.1 Å². The number of fused-ring (bicyclic) bond motifs is 1. The summed E-state index contributed by atoms with van der Waals surface area (Å²) in [5.41, 5.74) is -2.37. The molecule has 46 heavy (non-hydrogen) atoms. The number of carbonyl (C=O) groups is 2. The number of carboxylic acid groups (broad SMARTS) is 1. The Morgan fingerprint density at radius 1 is 1.11 bits per heavy atom. The summed E-state index contributed by atoms with van der Waals surface area (Å²) in [6.45, 7) is 1.31. The Labute approximate surface area is 256 Å². The van der Waals surface area contributed by atoms with Gasteiger partial charge in [-0.2, -0.15) is 13.2 Å². The molecule has 1 aromatic carbocycles. The molecule has 1 amide bonds. The zero-order chi connectivity index (χ0) is 33.5. The molecule has 2 atom stereocenters. The number of benzene rings is 1. The molecular weight excluding hydrogens is 619 g/mol. The van der Waals surface area contributed by atoms with E-state index in [9.17, 15) is 37.5 Å². The summed E-state index contributed by atoms with van der Waals surface area (Å²) in [4.78, 5) is 59.6. The van der Waals surface area contributed by atoms with Crippen molar-refractivity contribution in [3.8, 4) is 5.82 Å². The summed E-state index contributed by atoms with van der Waals surface area (Å²) in [6, 6.07) is 1.10. The van der Waals surface area contributed by atoms with Crippen LogP contribution < -0.4 is 21.5 Å². The van der Waals surface area contributed by atoms with E-state index in [4.69, 9.17) is 0 Å². The molecule has 242 valence electrons. The molecule has 3 aromatic heterocycles. The van der Waals surface area contributed by atoms with Crippen molar-refractivity contribution in [3.05, 3.63) is 92.5 Å². The monoisotopic (exact) mass is 646 g/mol. The number of aromatic nitrogens is 4. The van der Waals surface area contributed by atoms with Gasteiger partial charge < -0.3 is 15.3 Å². The highest BCUT2D eigenvalue weighted by atomic mass is 19.4. The second-order valence-corrected chi connectivity index (χ2v) is 10.9. The molecule has 1 fully saturated rings. The summed E-state index contributed by atoms with van der Waals surface area (Å²) in [5, 5.41) is 12.0. The highest BCUT2D eigenvalue weighted by Crippen LogP contribution is 2.40. The predicted molar refractivity (Wildman–Crippen MR) is 155 cm³/mol. The molecule has 3 heterocycles. The predicted octanol–water partition coefficient (Wildman–Crippen LogP) is 3.49. The molecule has 2 unspecified atom stereocenters. The minimum atomic E-state index is -4.67. The average molecular weight is 647 g/mol. The van der Waals surface area contributed by atoms with E-state index in [2.05, 4.69) is 9.97 Å². The second-order valence-electron chi connectivity index (χ2n) is 10.9. The van der Waals surface area contributed by atoms with E-state index in [1.807, 2.05) is 5.32 Å². The number of halogens is 5. The van der Waals surface area contributed by atoms with Crippen molar-refractivity contribution in [1.82, 2.24) is 24.4 Å². The molecule has 1 aliphatic rings. The standard InChI is InChI=1S/C30H27F5N6O5/c1-3-23(30(33,34)35)40(16-5-6-16)17-11-19(31)25(20(32)12-17)26(42)38-21(28(44)45)10-15-4-7-24(37-13-15)41-27(43)18-8-9-36-14-22(18)39(2)29(41)46/h4,7-9,11-14,16,21,23H,3,5-6,10H2,1-2H3,(H,38,42)(H,44,45). The van der Waals surface area contributed by atoms with Crippen LogP contribution in [0.1, 0.15) is 42.1 Å². The van der Waals surface area contributed by atoms with E-state index in [1.165, 1.54) is 55.3 Å². The lowest BCUT2D eigenvalue weighted by Gasteiger charge is -2.35. The van der Waals surface area contributed by atoms with Gasteiger partial charge in [0.2, 0.25) is 0 Å². The van der Waals surface area contributed by atoms with Gasteiger partial charge in [0.05, 0.1) is 17.1 Å². The number of alkyl halides is 3. The third-order valence-corrected chi connectivity index (χ3v) is 7.75. The highest BCUT2D eigenvalue weighted by Gasteiger charge is 2.47. The molecule has 0 spiro atoms. The van der Waals surface area contributed by atoms with E-state index in [0.717, 1.165) is 9.47 Å². The van der Waals surface area contributed by atoms with Crippen LogP contribution in [0.3, 0.4) is 0 Å². The Hall–Kier alpha value is -5.15. The molecule has 1 aliphatic carbocycles. The Balaban J connectivity index is 1.37. The second kappa shape index (κ2) is 12.3. The number of amides is 1. The first-order valence-corrected chi connectivity index (χ1v) is 14.1. The fourth-order valence-corrected chi connectivity index (χ4v) is 5.34. The lowest BCUT2D eigenvalue weighted by molar-refractivity contribution is -0.149. The van der Waals surface area contributed by atoms with Crippen LogP contribution in [-0.4, -0.2) is 60.4 Å². The van der Waals surface area contributed by atoms with Crippen molar-refractivity contribution < 1.29 is 36.6 Å². The molecule has 16 heteroatoms. The van der Waals surface area contributed by atoms with Crippen LogP contribution in [0.2, 0.25) is 0 Å². The fourth-order valence-electron chi connectivity index (χ4n) is 5.34. The fraction of sp³-hybridized carbons (Fsp3) is 0.333. The van der Waals surface area contributed by atoms with Crippen LogP contribution in [0.4, 0.5) is 27.6 Å². The van der Waals surface area contributed by atoms with Gasteiger partial charge >= 0.3 is 17.8 Å². The van der Waals surface area contributed by atoms with Crippen LogP contribution in [0, 0.1) is 11.6 Å². The van der Waals surface area contributed by atoms with Crippen molar-refractivity contribution in [1.29, 1.82) is 0 Å². The summed E-state index contributed by atoms with van der Waals surface area (Å²) >= 11 is 0. The van der Waals surface area contributed by atoms with Gasteiger partial charge in [-0.1, -0.05) is 13.0 Å². The van der Waals surface area contributed by atoms with Gasteiger partial charge in [0.15, 0.2) is 0 Å². The largest absolute Gasteiger partial charge is 0.480 e. The van der Waals surface area contributed by atoms with Crippen LogP contribution in [0.15, 0.2) is 58.5 Å². The Morgan fingerprint density at radius 3 is 2.33 bits per heavy atom. The number of nitrogens with zero attached hydrogens (tertiary/aromatic N) is 5.